The molecule has 2 heterocycles. The lowest BCUT2D eigenvalue weighted by Gasteiger charge is -2.30. The zero-order chi connectivity index (χ0) is 23.6. The van der Waals surface area contributed by atoms with Gasteiger partial charge in [-0.25, -0.2) is 8.42 Å². The Hall–Kier alpha value is -3.04. The van der Waals surface area contributed by atoms with Crippen molar-refractivity contribution in [3.8, 4) is 11.4 Å². The first-order valence-electron chi connectivity index (χ1n) is 11.1. The largest absolute Gasteiger partial charge is 0.339 e. The van der Waals surface area contributed by atoms with Gasteiger partial charge >= 0.3 is 0 Å². The van der Waals surface area contributed by atoms with Crippen LogP contribution < -0.4 is 5.32 Å². The number of carbonyl (C=O) groups excluding carboxylic acids is 1. The lowest BCUT2D eigenvalue weighted by molar-refractivity contribution is -0.120. The zero-order valence-corrected chi connectivity index (χ0v) is 19.9. The number of nitrogens with one attached hydrogen (secondary N) is 1. The van der Waals surface area contributed by atoms with E-state index >= 15 is 0 Å². The van der Waals surface area contributed by atoms with Gasteiger partial charge in [0, 0.05) is 36.7 Å². The van der Waals surface area contributed by atoms with Gasteiger partial charge in [-0.2, -0.15) is 9.29 Å². The summed E-state index contributed by atoms with van der Waals surface area (Å²) in [6, 6.07) is 12.5. The molecule has 0 atom stereocenters. The van der Waals surface area contributed by atoms with Crippen molar-refractivity contribution in [2.75, 3.05) is 18.4 Å². The van der Waals surface area contributed by atoms with Gasteiger partial charge in [0.1, 0.15) is 0 Å². The molecule has 9 heteroatoms. The van der Waals surface area contributed by atoms with Crippen molar-refractivity contribution in [1.82, 2.24) is 14.4 Å². The van der Waals surface area contributed by atoms with E-state index in [-0.39, 0.29) is 16.7 Å². The van der Waals surface area contributed by atoms with E-state index in [4.69, 9.17) is 4.52 Å². The second-order valence-corrected chi connectivity index (χ2v) is 10.3. The minimum absolute atomic E-state index is 0.0634. The SMILES string of the molecule is CCc1nc(-c2cccc(S(=O)(=O)N3CCC(C(=O)Nc4cc(C)ccc4C)CC3)c2)no1. The summed E-state index contributed by atoms with van der Waals surface area (Å²) in [7, 11) is -3.70. The summed E-state index contributed by atoms with van der Waals surface area (Å²) in [6.07, 6.45) is 1.55. The highest BCUT2D eigenvalue weighted by Crippen LogP contribution is 2.27. The predicted octanol–water partition coefficient (Wildman–Crippen LogP) is 3.96. The highest BCUT2D eigenvalue weighted by molar-refractivity contribution is 7.89. The first kappa shape index (κ1) is 23.1. The molecule has 33 heavy (non-hydrogen) atoms. The number of rotatable bonds is 6. The Bertz CT molecular complexity index is 1260. The molecule has 0 spiro atoms. The number of aromatic nitrogens is 2. The summed E-state index contributed by atoms with van der Waals surface area (Å²) in [5.74, 6) is 0.575. The second-order valence-electron chi connectivity index (χ2n) is 8.38. The van der Waals surface area contributed by atoms with Crippen LogP contribution in [-0.4, -0.2) is 41.9 Å². The van der Waals surface area contributed by atoms with Crippen LogP contribution >= 0.6 is 0 Å². The Labute approximate surface area is 194 Å². The second kappa shape index (κ2) is 9.44. The lowest BCUT2D eigenvalue weighted by atomic mass is 9.97. The van der Waals surface area contributed by atoms with E-state index in [1.807, 2.05) is 39.0 Å². The fourth-order valence-corrected chi connectivity index (χ4v) is 5.44. The highest BCUT2D eigenvalue weighted by atomic mass is 32.2. The normalized spacial score (nSPS) is 15.5. The van der Waals surface area contributed by atoms with Gasteiger partial charge in [-0.15, -0.1) is 0 Å². The first-order valence-corrected chi connectivity index (χ1v) is 12.5. The van der Waals surface area contributed by atoms with Gasteiger partial charge in [0.15, 0.2) is 0 Å². The van der Waals surface area contributed by atoms with E-state index < -0.39 is 10.0 Å². The van der Waals surface area contributed by atoms with Crippen molar-refractivity contribution in [3.63, 3.8) is 0 Å². The Morgan fingerprint density at radius 2 is 1.91 bits per heavy atom. The number of hydrogen-bond acceptors (Lipinski definition) is 6. The Kier molecular flexibility index (Phi) is 6.62. The molecule has 1 N–H and O–H groups in total. The van der Waals surface area contributed by atoms with Crippen LogP contribution in [-0.2, 0) is 21.2 Å². The van der Waals surface area contributed by atoms with Gasteiger partial charge in [0.25, 0.3) is 0 Å². The monoisotopic (exact) mass is 468 g/mol. The molecule has 1 fully saturated rings. The minimum Gasteiger partial charge on any atom is -0.339 e. The smallest absolute Gasteiger partial charge is 0.243 e. The minimum atomic E-state index is -3.70. The van der Waals surface area contributed by atoms with Crippen molar-refractivity contribution in [3.05, 3.63) is 59.5 Å². The van der Waals surface area contributed by atoms with Gasteiger partial charge in [-0.3, -0.25) is 4.79 Å². The lowest BCUT2D eigenvalue weighted by Crippen LogP contribution is -2.41. The van der Waals surface area contributed by atoms with Crippen LogP contribution in [0.4, 0.5) is 5.69 Å². The van der Waals surface area contributed by atoms with Crippen LogP contribution in [0.2, 0.25) is 0 Å². The molecule has 1 aromatic heterocycles. The van der Waals surface area contributed by atoms with Gasteiger partial charge in [-0.1, -0.05) is 36.3 Å². The average Bonchev–Trinajstić information content (AvgIpc) is 3.31. The molecule has 8 nitrogen and oxygen atoms in total. The predicted molar refractivity (Wildman–Crippen MR) is 125 cm³/mol. The maximum atomic E-state index is 13.2. The summed E-state index contributed by atoms with van der Waals surface area (Å²) in [4.78, 5) is 17.2. The number of aryl methyl sites for hydroxylation is 3. The van der Waals surface area contributed by atoms with Crippen LogP contribution in [0, 0.1) is 19.8 Å². The standard InChI is InChI=1S/C24H28N4O4S/c1-4-22-26-23(27-32-22)19-6-5-7-20(15-19)33(30,31)28-12-10-18(11-13-28)24(29)25-21-14-16(2)8-9-17(21)3/h5-9,14-15,18H,4,10-13H2,1-3H3,(H,25,29). The van der Waals surface area contributed by atoms with Crippen molar-refractivity contribution in [1.29, 1.82) is 0 Å². The molecule has 2 aromatic carbocycles. The van der Waals surface area contributed by atoms with E-state index in [1.54, 1.807) is 24.3 Å². The van der Waals surface area contributed by atoms with Gasteiger partial charge in [-0.05, 0) is 56.0 Å². The topological polar surface area (TPSA) is 105 Å². The third-order valence-electron chi connectivity index (χ3n) is 5.98. The first-order chi connectivity index (χ1) is 15.8. The Morgan fingerprint density at radius 1 is 1.15 bits per heavy atom. The van der Waals surface area contributed by atoms with E-state index in [1.165, 1.54) is 4.31 Å². The summed E-state index contributed by atoms with van der Waals surface area (Å²) in [6.45, 7) is 6.42. The molecule has 1 aliphatic heterocycles. The van der Waals surface area contributed by atoms with Crippen LogP contribution in [0.15, 0.2) is 51.9 Å². The number of amides is 1. The zero-order valence-electron chi connectivity index (χ0n) is 19.0. The number of piperidine rings is 1. The number of carbonyl (C=O) groups is 1. The summed E-state index contributed by atoms with van der Waals surface area (Å²) < 4.78 is 33.1. The number of nitrogens with zero attached hydrogens (tertiary/aromatic N) is 3. The molecule has 0 bridgehead atoms. The molecule has 174 valence electrons. The third-order valence-corrected chi connectivity index (χ3v) is 7.87. The van der Waals surface area contributed by atoms with Gasteiger partial charge in [0.2, 0.25) is 27.6 Å². The fraction of sp³-hybridized carbons (Fsp3) is 0.375. The average molecular weight is 469 g/mol. The van der Waals surface area contributed by atoms with E-state index in [9.17, 15) is 13.2 Å². The third kappa shape index (κ3) is 4.99. The quantitative estimate of drug-likeness (QED) is 0.587. The molecule has 3 aromatic rings. The molecule has 0 aliphatic carbocycles. The van der Waals surface area contributed by atoms with Crippen LogP contribution in [0.1, 0.15) is 36.8 Å². The molecule has 0 unspecified atom stereocenters. The number of benzene rings is 2. The maximum absolute atomic E-state index is 13.2. The summed E-state index contributed by atoms with van der Waals surface area (Å²) in [5, 5.41) is 6.94. The van der Waals surface area contributed by atoms with Crippen molar-refractivity contribution < 1.29 is 17.7 Å². The highest BCUT2D eigenvalue weighted by Gasteiger charge is 2.32. The van der Waals surface area contributed by atoms with Crippen LogP contribution in [0.3, 0.4) is 0 Å². The molecule has 1 aliphatic rings. The summed E-state index contributed by atoms with van der Waals surface area (Å²) in [5.41, 5.74) is 3.47. The van der Waals surface area contributed by atoms with E-state index in [0.29, 0.717) is 49.6 Å². The van der Waals surface area contributed by atoms with E-state index in [2.05, 4.69) is 15.5 Å². The number of sulfonamides is 1. The molecular weight excluding hydrogens is 440 g/mol. The van der Waals surface area contributed by atoms with Crippen LogP contribution in [0.25, 0.3) is 11.4 Å². The molecule has 1 saturated heterocycles. The Morgan fingerprint density at radius 3 is 2.61 bits per heavy atom. The maximum Gasteiger partial charge on any atom is 0.243 e. The van der Waals surface area contributed by atoms with Crippen molar-refractivity contribution in [2.24, 2.45) is 5.92 Å². The van der Waals surface area contributed by atoms with E-state index in [0.717, 1.165) is 16.8 Å². The van der Waals surface area contributed by atoms with Crippen molar-refractivity contribution in [2.45, 2.75) is 44.9 Å². The van der Waals surface area contributed by atoms with Crippen molar-refractivity contribution >= 4 is 21.6 Å². The van der Waals surface area contributed by atoms with Gasteiger partial charge in [0.05, 0.1) is 4.90 Å². The molecule has 4 rings (SSSR count). The molecule has 0 radical (unpaired) electrons. The summed E-state index contributed by atoms with van der Waals surface area (Å²) >= 11 is 0. The number of anilines is 1. The van der Waals surface area contributed by atoms with Gasteiger partial charge < -0.3 is 9.84 Å². The molecule has 1 amide bonds. The molecule has 0 saturated carbocycles. The Balaban J connectivity index is 1.43. The number of hydrogen-bond donors (Lipinski definition) is 1. The molecular formula is C24H28N4O4S. The van der Waals surface area contributed by atoms with Crippen LogP contribution in [0.5, 0.6) is 0 Å². The fourth-order valence-electron chi connectivity index (χ4n) is 3.92.